The molecule has 0 radical (unpaired) electrons. The van der Waals surface area contributed by atoms with E-state index >= 15 is 0 Å². The summed E-state index contributed by atoms with van der Waals surface area (Å²) in [6.45, 7) is 0. The molecule has 0 fully saturated rings. The summed E-state index contributed by atoms with van der Waals surface area (Å²) in [5.41, 5.74) is 1.83. The molecule has 2 aromatic heterocycles. The molecule has 0 saturated heterocycles. The maximum absolute atomic E-state index is 8.58. The van der Waals surface area contributed by atoms with Crippen LogP contribution in [0.2, 0.25) is 0 Å². The fourth-order valence-corrected chi connectivity index (χ4v) is 3.58. The molecule has 2 nitrogen and oxygen atoms in total. The Morgan fingerprint density at radius 3 is 1.62 bits per heavy atom. The zero-order valence-electron chi connectivity index (χ0n) is 13.9. The van der Waals surface area contributed by atoms with Crippen LogP contribution in [0, 0.1) is 0 Å². The van der Waals surface area contributed by atoms with Crippen LogP contribution in [0.1, 0.15) is 0 Å². The molecule has 26 heavy (non-hydrogen) atoms. The summed E-state index contributed by atoms with van der Waals surface area (Å²) in [5, 5.41) is 21.3. The van der Waals surface area contributed by atoms with Gasteiger partial charge >= 0.3 is 7.12 Å². The zero-order valence-corrected chi connectivity index (χ0v) is 17.1. The molecule has 2 N–H and O–H groups in total. The first kappa shape index (κ1) is 20.6. The van der Waals surface area contributed by atoms with Crippen LogP contribution in [-0.2, 0) is 0 Å². The quantitative estimate of drug-likeness (QED) is 0.412. The van der Waals surface area contributed by atoms with E-state index in [1.54, 1.807) is 46.9 Å². The highest BCUT2D eigenvalue weighted by Gasteiger charge is 2.07. The molecule has 0 aliphatic heterocycles. The summed E-state index contributed by atoms with van der Waals surface area (Å²) >= 11 is 6.77. The predicted molar refractivity (Wildman–Crippen MR) is 118 cm³/mol. The summed E-state index contributed by atoms with van der Waals surface area (Å²) in [6.07, 6.45) is 0. The van der Waals surface area contributed by atoms with Gasteiger partial charge in [-0.2, -0.15) is 0 Å². The molecule has 6 heteroatoms. The highest BCUT2D eigenvalue weighted by molar-refractivity contribution is 9.11. The molecule has 0 spiro atoms. The van der Waals surface area contributed by atoms with E-state index in [0.29, 0.717) is 5.46 Å². The molecule has 132 valence electrons. The second-order valence-electron chi connectivity index (χ2n) is 5.04. The van der Waals surface area contributed by atoms with Crippen LogP contribution in [0.25, 0.3) is 10.4 Å². The van der Waals surface area contributed by atoms with Crippen LogP contribution in [0.4, 0.5) is 0 Å². The normalized spacial score (nSPS) is 9.35. The number of halogens is 1. The van der Waals surface area contributed by atoms with Crippen LogP contribution >= 0.6 is 38.6 Å². The lowest BCUT2D eigenvalue weighted by Gasteiger charge is -1.94. The van der Waals surface area contributed by atoms with Gasteiger partial charge in [0.1, 0.15) is 0 Å². The van der Waals surface area contributed by atoms with Crippen molar-refractivity contribution in [3.63, 3.8) is 0 Å². The SMILES string of the molecule is Brc1cccs1.OB(O)c1ccccc1.c1ccc(-c2cccs2)cc1. The van der Waals surface area contributed by atoms with Gasteiger partial charge in [0.25, 0.3) is 0 Å². The van der Waals surface area contributed by atoms with Crippen molar-refractivity contribution in [1.82, 2.24) is 0 Å². The lowest BCUT2D eigenvalue weighted by atomic mass is 9.81. The first-order valence-electron chi connectivity index (χ1n) is 7.86. The van der Waals surface area contributed by atoms with E-state index in [9.17, 15) is 0 Å². The molecule has 0 unspecified atom stereocenters. The first-order chi connectivity index (χ1) is 12.7. The van der Waals surface area contributed by atoms with Gasteiger partial charge in [0, 0.05) is 4.88 Å². The van der Waals surface area contributed by atoms with Gasteiger partial charge in [0.05, 0.1) is 3.79 Å². The minimum atomic E-state index is -1.34. The molecule has 0 atom stereocenters. The highest BCUT2D eigenvalue weighted by atomic mass is 79.9. The maximum atomic E-state index is 8.58. The lowest BCUT2D eigenvalue weighted by molar-refractivity contribution is 0.426. The molecule has 4 aromatic rings. The van der Waals surface area contributed by atoms with E-state index < -0.39 is 7.12 Å². The summed E-state index contributed by atoms with van der Waals surface area (Å²) in [5.74, 6) is 0. The number of hydrogen-bond donors (Lipinski definition) is 2. The van der Waals surface area contributed by atoms with Gasteiger partial charge in [0.2, 0.25) is 0 Å². The number of rotatable bonds is 2. The van der Waals surface area contributed by atoms with Crippen molar-refractivity contribution in [3.05, 3.63) is 99.5 Å². The summed E-state index contributed by atoms with van der Waals surface area (Å²) in [6, 6.07) is 27.3. The van der Waals surface area contributed by atoms with Crippen molar-refractivity contribution in [2.45, 2.75) is 0 Å². The summed E-state index contributed by atoms with van der Waals surface area (Å²) in [7, 11) is -1.34. The molecule has 0 bridgehead atoms. The minimum absolute atomic E-state index is 0.525. The van der Waals surface area contributed by atoms with Gasteiger partial charge in [-0.05, 0) is 49.8 Å². The van der Waals surface area contributed by atoms with Crippen molar-refractivity contribution in [1.29, 1.82) is 0 Å². The van der Waals surface area contributed by atoms with Crippen molar-refractivity contribution < 1.29 is 10.0 Å². The Kier molecular flexibility index (Phi) is 9.38. The minimum Gasteiger partial charge on any atom is -0.423 e. The Morgan fingerprint density at radius 2 is 1.23 bits per heavy atom. The first-order valence-corrected chi connectivity index (χ1v) is 10.4. The zero-order chi connectivity index (χ0) is 18.6. The molecule has 4 rings (SSSR count). The van der Waals surface area contributed by atoms with Gasteiger partial charge in [-0.25, -0.2) is 0 Å². The van der Waals surface area contributed by atoms with Crippen molar-refractivity contribution in [2.75, 3.05) is 0 Å². The average molecular weight is 445 g/mol. The predicted octanol–water partition coefficient (Wildman–Crippen LogP) is 5.29. The van der Waals surface area contributed by atoms with E-state index in [4.69, 9.17) is 10.0 Å². The van der Waals surface area contributed by atoms with Gasteiger partial charge in [0.15, 0.2) is 0 Å². The largest absolute Gasteiger partial charge is 0.488 e. The Hall–Kier alpha value is -1.70. The third-order valence-electron chi connectivity index (χ3n) is 3.16. The van der Waals surface area contributed by atoms with Gasteiger partial charge in [-0.15, -0.1) is 22.7 Å². The Labute approximate surface area is 170 Å². The van der Waals surface area contributed by atoms with E-state index in [2.05, 4.69) is 57.7 Å². The molecule has 0 aliphatic carbocycles. The molecule has 0 amide bonds. The number of benzene rings is 2. The molecular formula is C20H18BBrO2S2. The van der Waals surface area contributed by atoms with Crippen LogP contribution in [0.5, 0.6) is 0 Å². The van der Waals surface area contributed by atoms with Crippen LogP contribution in [0.15, 0.2) is 99.5 Å². The van der Waals surface area contributed by atoms with Crippen molar-refractivity contribution >= 4 is 51.2 Å². The smallest absolute Gasteiger partial charge is 0.423 e. The second kappa shape index (κ2) is 11.8. The van der Waals surface area contributed by atoms with Crippen LogP contribution in [-0.4, -0.2) is 17.2 Å². The maximum Gasteiger partial charge on any atom is 0.488 e. The molecule has 0 saturated carbocycles. The number of hydrogen-bond acceptors (Lipinski definition) is 4. The fourth-order valence-electron chi connectivity index (χ4n) is 1.93. The van der Waals surface area contributed by atoms with Gasteiger partial charge in [-0.3, -0.25) is 0 Å². The van der Waals surface area contributed by atoms with Crippen LogP contribution < -0.4 is 5.46 Å². The average Bonchev–Trinajstić information content (AvgIpc) is 3.38. The van der Waals surface area contributed by atoms with E-state index in [0.717, 1.165) is 0 Å². The topological polar surface area (TPSA) is 40.5 Å². The van der Waals surface area contributed by atoms with Gasteiger partial charge in [-0.1, -0.05) is 72.8 Å². The van der Waals surface area contributed by atoms with Crippen molar-refractivity contribution in [3.8, 4) is 10.4 Å². The third kappa shape index (κ3) is 7.68. The molecule has 2 heterocycles. The number of thiophene rings is 2. The standard InChI is InChI=1S/C10H8S.C6H7BO2.C4H3BrS/c1-2-5-9(6-3-1)10-7-4-8-11-10;8-7(9)6-4-2-1-3-5-6;5-4-2-1-3-6-4/h1-8H;1-5,8-9H;1-3H. The Balaban J connectivity index is 0.000000147. The lowest BCUT2D eigenvalue weighted by Crippen LogP contribution is -2.29. The monoisotopic (exact) mass is 444 g/mol. The van der Waals surface area contributed by atoms with Gasteiger partial charge < -0.3 is 10.0 Å². The highest BCUT2D eigenvalue weighted by Crippen LogP contribution is 2.23. The third-order valence-corrected chi connectivity index (χ3v) is 5.56. The van der Waals surface area contributed by atoms with Crippen molar-refractivity contribution in [2.24, 2.45) is 0 Å². The Bertz CT molecular complexity index is 821. The summed E-state index contributed by atoms with van der Waals surface area (Å²) in [4.78, 5) is 1.34. The summed E-state index contributed by atoms with van der Waals surface area (Å²) < 4.78 is 1.20. The molecule has 2 aromatic carbocycles. The van der Waals surface area contributed by atoms with Crippen LogP contribution in [0.3, 0.4) is 0 Å². The second-order valence-corrected chi connectivity index (χ2v) is 8.32. The fraction of sp³-hybridized carbons (Fsp3) is 0. The van der Waals surface area contributed by atoms with E-state index in [-0.39, 0.29) is 0 Å². The molecular weight excluding hydrogens is 427 g/mol. The van der Waals surface area contributed by atoms with E-state index in [1.165, 1.54) is 14.2 Å². The Morgan fingerprint density at radius 1 is 0.654 bits per heavy atom. The molecule has 0 aliphatic rings. The van der Waals surface area contributed by atoms with E-state index in [1.807, 2.05) is 29.6 Å².